The number of ether oxygens (including phenoxy) is 1. The number of fused-ring (bicyclic) bond motifs is 1. The van der Waals surface area contributed by atoms with Gasteiger partial charge in [-0.25, -0.2) is 13.6 Å². The van der Waals surface area contributed by atoms with Crippen LogP contribution in [0.2, 0.25) is 0 Å². The Morgan fingerprint density at radius 3 is 2.25 bits per heavy atom. The number of nitrogens with zero attached hydrogens (tertiary/aromatic N) is 1. The molecule has 2 aromatic rings. The van der Waals surface area contributed by atoms with Crippen molar-refractivity contribution in [3.05, 3.63) is 65.2 Å². The third kappa shape index (κ3) is 3.59. The normalized spacial score (nSPS) is 13.9. The number of nitrogens with one attached hydrogen (secondary N) is 1. The van der Waals surface area contributed by atoms with Gasteiger partial charge in [0.15, 0.2) is 6.61 Å². The minimum Gasteiger partial charge on any atom is -0.454 e. The Labute approximate surface area is 157 Å². The van der Waals surface area contributed by atoms with Gasteiger partial charge in [0.05, 0.1) is 16.8 Å². The minimum absolute atomic E-state index is 0.177. The van der Waals surface area contributed by atoms with Crippen LogP contribution in [0.4, 0.5) is 14.5 Å². The van der Waals surface area contributed by atoms with E-state index in [-0.39, 0.29) is 16.8 Å². The van der Waals surface area contributed by atoms with Crippen LogP contribution in [-0.4, -0.2) is 41.2 Å². The summed E-state index contributed by atoms with van der Waals surface area (Å²) in [6.07, 6.45) is 0. The fraction of sp³-hybridized carbons (Fsp3) is 0.158. The molecule has 1 heterocycles. The lowest BCUT2D eigenvalue weighted by Gasteiger charge is -2.20. The molecule has 1 N–H and O–H groups in total. The summed E-state index contributed by atoms with van der Waals surface area (Å²) in [5, 5.41) is 2.13. The van der Waals surface area contributed by atoms with Gasteiger partial charge in [-0.15, -0.1) is 0 Å². The van der Waals surface area contributed by atoms with E-state index < -0.39 is 48.0 Å². The van der Waals surface area contributed by atoms with E-state index in [1.807, 2.05) is 0 Å². The van der Waals surface area contributed by atoms with Crippen molar-refractivity contribution in [1.82, 2.24) is 4.90 Å². The Hall–Kier alpha value is -3.62. The average molecular weight is 388 g/mol. The number of amides is 3. The summed E-state index contributed by atoms with van der Waals surface area (Å²) in [6.45, 7) is 0.519. The van der Waals surface area contributed by atoms with E-state index in [2.05, 4.69) is 5.32 Å². The highest BCUT2D eigenvalue weighted by molar-refractivity contribution is 6.22. The molecule has 0 bridgehead atoms. The summed E-state index contributed by atoms with van der Waals surface area (Å²) >= 11 is 0. The van der Waals surface area contributed by atoms with E-state index in [4.69, 9.17) is 4.74 Å². The molecular formula is C19H14F2N2O5. The zero-order chi connectivity index (χ0) is 20.4. The van der Waals surface area contributed by atoms with E-state index in [1.165, 1.54) is 19.1 Å². The number of anilines is 1. The second kappa shape index (κ2) is 7.55. The molecule has 28 heavy (non-hydrogen) atoms. The van der Waals surface area contributed by atoms with E-state index >= 15 is 0 Å². The smallest absolute Gasteiger partial charge is 0.329 e. The van der Waals surface area contributed by atoms with E-state index in [0.29, 0.717) is 6.07 Å². The first-order valence-corrected chi connectivity index (χ1v) is 8.18. The Kier molecular flexibility index (Phi) is 5.16. The summed E-state index contributed by atoms with van der Waals surface area (Å²) in [6, 6.07) is 7.43. The molecule has 1 aliphatic rings. The average Bonchev–Trinajstić information content (AvgIpc) is 2.92. The van der Waals surface area contributed by atoms with Crippen LogP contribution in [0, 0.1) is 11.6 Å². The van der Waals surface area contributed by atoms with Crippen molar-refractivity contribution in [2.24, 2.45) is 0 Å². The standard InChI is InChI=1S/C19H14F2N2O5/c1-10(23-17(25)12-4-2-3-5-13(12)18(23)26)19(27)28-9-16(24)22-15-7-6-11(20)8-14(15)21/h2-8,10H,9H2,1H3,(H,22,24). The van der Waals surface area contributed by atoms with Crippen LogP contribution in [0.3, 0.4) is 0 Å². The van der Waals surface area contributed by atoms with Crippen LogP contribution in [0.1, 0.15) is 27.6 Å². The summed E-state index contributed by atoms with van der Waals surface area (Å²) in [5.41, 5.74) is 0.0733. The number of benzene rings is 2. The molecule has 3 rings (SSSR count). The number of hydrogen-bond donors (Lipinski definition) is 1. The fourth-order valence-electron chi connectivity index (χ4n) is 2.70. The first-order chi connectivity index (χ1) is 13.3. The maximum absolute atomic E-state index is 13.5. The molecule has 144 valence electrons. The molecule has 9 heteroatoms. The molecule has 0 saturated heterocycles. The minimum atomic E-state index is -1.26. The van der Waals surface area contributed by atoms with Crippen molar-refractivity contribution in [3.8, 4) is 0 Å². The van der Waals surface area contributed by atoms with Crippen molar-refractivity contribution >= 4 is 29.4 Å². The van der Waals surface area contributed by atoms with Crippen LogP contribution in [0.5, 0.6) is 0 Å². The molecule has 1 aliphatic heterocycles. The number of hydrogen-bond acceptors (Lipinski definition) is 5. The quantitative estimate of drug-likeness (QED) is 0.626. The largest absolute Gasteiger partial charge is 0.454 e. The molecule has 0 aromatic heterocycles. The predicted octanol–water partition coefficient (Wildman–Crippen LogP) is 2.13. The Balaban J connectivity index is 1.60. The Bertz CT molecular complexity index is 957. The van der Waals surface area contributed by atoms with Gasteiger partial charge < -0.3 is 10.1 Å². The maximum atomic E-state index is 13.5. The zero-order valence-electron chi connectivity index (χ0n) is 14.6. The van der Waals surface area contributed by atoms with E-state index in [1.54, 1.807) is 12.1 Å². The molecule has 3 amide bonds. The monoisotopic (exact) mass is 388 g/mol. The highest BCUT2D eigenvalue weighted by Gasteiger charge is 2.41. The topological polar surface area (TPSA) is 92.8 Å². The van der Waals surface area contributed by atoms with Gasteiger partial charge in [-0.3, -0.25) is 19.3 Å². The summed E-state index contributed by atoms with van der Waals surface area (Å²) in [5.74, 6) is -4.92. The number of rotatable bonds is 5. The highest BCUT2D eigenvalue weighted by atomic mass is 19.1. The lowest BCUT2D eigenvalue weighted by Crippen LogP contribution is -2.44. The van der Waals surface area contributed by atoms with Gasteiger partial charge in [-0.2, -0.15) is 0 Å². The fourth-order valence-corrected chi connectivity index (χ4v) is 2.70. The van der Waals surface area contributed by atoms with Gasteiger partial charge in [0.2, 0.25) is 0 Å². The molecule has 0 radical (unpaired) electrons. The van der Waals surface area contributed by atoms with Crippen molar-refractivity contribution in [3.63, 3.8) is 0 Å². The number of carbonyl (C=O) groups is 4. The second-order valence-electron chi connectivity index (χ2n) is 5.98. The third-order valence-electron chi connectivity index (χ3n) is 4.10. The maximum Gasteiger partial charge on any atom is 0.329 e. The Morgan fingerprint density at radius 1 is 1.07 bits per heavy atom. The summed E-state index contributed by atoms with van der Waals surface area (Å²) in [4.78, 5) is 49.4. The molecule has 0 aliphatic carbocycles. The molecule has 0 saturated carbocycles. The first-order valence-electron chi connectivity index (χ1n) is 8.18. The molecule has 0 fully saturated rings. The highest BCUT2D eigenvalue weighted by Crippen LogP contribution is 2.24. The van der Waals surface area contributed by atoms with Gasteiger partial charge in [0.25, 0.3) is 17.7 Å². The lowest BCUT2D eigenvalue weighted by atomic mass is 10.1. The zero-order valence-corrected chi connectivity index (χ0v) is 14.6. The van der Waals surface area contributed by atoms with Crippen molar-refractivity contribution in [2.75, 3.05) is 11.9 Å². The molecule has 2 aromatic carbocycles. The van der Waals surface area contributed by atoms with E-state index in [0.717, 1.165) is 17.0 Å². The Morgan fingerprint density at radius 2 is 1.68 bits per heavy atom. The van der Waals surface area contributed by atoms with Gasteiger partial charge >= 0.3 is 5.97 Å². The SMILES string of the molecule is CC(C(=O)OCC(=O)Nc1ccc(F)cc1F)N1C(=O)c2ccccc2C1=O. The van der Waals surface area contributed by atoms with Gasteiger partial charge in [-0.05, 0) is 31.2 Å². The number of imide groups is 1. The lowest BCUT2D eigenvalue weighted by molar-refractivity contribution is -0.150. The van der Waals surface area contributed by atoms with Gasteiger partial charge in [-0.1, -0.05) is 12.1 Å². The summed E-state index contributed by atoms with van der Waals surface area (Å²) in [7, 11) is 0. The predicted molar refractivity (Wildman–Crippen MR) is 92.4 cm³/mol. The molecule has 1 unspecified atom stereocenters. The molecule has 0 spiro atoms. The van der Waals surface area contributed by atoms with Gasteiger partial charge in [0, 0.05) is 6.07 Å². The second-order valence-corrected chi connectivity index (χ2v) is 5.98. The summed E-state index contributed by atoms with van der Waals surface area (Å²) < 4.78 is 31.2. The number of carbonyl (C=O) groups excluding carboxylic acids is 4. The van der Waals surface area contributed by atoms with Crippen molar-refractivity contribution in [1.29, 1.82) is 0 Å². The van der Waals surface area contributed by atoms with Crippen molar-refractivity contribution in [2.45, 2.75) is 13.0 Å². The number of esters is 1. The van der Waals surface area contributed by atoms with Crippen LogP contribution in [-0.2, 0) is 14.3 Å². The van der Waals surface area contributed by atoms with Crippen molar-refractivity contribution < 1.29 is 32.7 Å². The molecular weight excluding hydrogens is 374 g/mol. The first kappa shape index (κ1) is 19.2. The van der Waals surface area contributed by atoms with Crippen LogP contribution < -0.4 is 5.32 Å². The molecule has 7 nitrogen and oxygen atoms in total. The molecule has 1 atom stereocenters. The third-order valence-corrected chi connectivity index (χ3v) is 4.10. The van der Waals surface area contributed by atoms with Crippen LogP contribution >= 0.6 is 0 Å². The van der Waals surface area contributed by atoms with Gasteiger partial charge in [0.1, 0.15) is 17.7 Å². The van der Waals surface area contributed by atoms with Crippen LogP contribution in [0.25, 0.3) is 0 Å². The van der Waals surface area contributed by atoms with E-state index in [9.17, 15) is 28.0 Å². The number of halogens is 2. The van der Waals surface area contributed by atoms with Crippen LogP contribution in [0.15, 0.2) is 42.5 Å².